The average molecular weight is 449 g/mol. The van der Waals surface area contributed by atoms with Gasteiger partial charge in [-0.05, 0) is 67.1 Å². The standard InChI is InChI=1S/C25H28N4O4/c1-3-14-28-24(30)22(18-4-8-21(9-5-18)29(32)33)23(25(28)31)26-19-6-10-20(11-7-19)27-15-12-17(2)13-16-27/h4-11,17,26H,3,12-16H2,1-2H3. The van der Waals surface area contributed by atoms with Crippen LogP contribution in [0.3, 0.4) is 0 Å². The van der Waals surface area contributed by atoms with E-state index >= 15 is 0 Å². The second-order valence-electron chi connectivity index (χ2n) is 8.66. The lowest BCUT2D eigenvalue weighted by molar-refractivity contribution is -0.384. The molecule has 1 N–H and O–H groups in total. The lowest BCUT2D eigenvalue weighted by Crippen LogP contribution is -2.33. The quantitative estimate of drug-likeness (QED) is 0.382. The number of nitrogens with one attached hydrogen (secondary N) is 1. The van der Waals surface area contributed by atoms with Gasteiger partial charge in [-0.15, -0.1) is 0 Å². The first-order valence-corrected chi connectivity index (χ1v) is 11.4. The van der Waals surface area contributed by atoms with Crippen LogP contribution in [0.4, 0.5) is 17.1 Å². The molecule has 2 amide bonds. The highest BCUT2D eigenvalue weighted by Gasteiger charge is 2.38. The highest BCUT2D eigenvalue weighted by Crippen LogP contribution is 2.32. The molecule has 0 unspecified atom stereocenters. The summed E-state index contributed by atoms with van der Waals surface area (Å²) in [5.41, 5.74) is 2.67. The largest absolute Gasteiger partial charge is 0.372 e. The van der Waals surface area contributed by atoms with Crippen molar-refractivity contribution < 1.29 is 14.5 Å². The summed E-state index contributed by atoms with van der Waals surface area (Å²) in [7, 11) is 0. The van der Waals surface area contributed by atoms with Crippen molar-refractivity contribution >= 4 is 34.4 Å². The average Bonchev–Trinajstić information content (AvgIpc) is 3.04. The molecular formula is C25H28N4O4. The summed E-state index contributed by atoms with van der Waals surface area (Å²) in [5.74, 6) is -0.0227. The molecule has 0 aliphatic carbocycles. The molecule has 0 bridgehead atoms. The molecule has 172 valence electrons. The van der Waals surface area contributed by atoms with E-state index in [1.807, 2.05) is 31.2 Å². The van der Waals surface area contributed by atoms with Gasteiger partial charge in [0.2, 0.25) is 0 Å². The van der Waals surface area contributed by atoms with E-state index in [2.05, 4.69) is 17.1 Å². The van der Waals surface area contributed by atoms with Crippen LogP contribution in [-0.2, 0) is 9.59 Å². The van der Waals surface area contributed by atoms with Crippen LogP contribution < -0.4 is 10.2 Å². The third-order valence-corrected chi connectivity index (χ3v) is 6.27. The van der Waals surface area contributed by atoms with Crippen LogP contribution in [0.25, 0.3) is 5.57 Å². The molecule has 4 rings (SSSR count). The number of hydrogen-bond donors (Lipinski definition) is 1. The van der Waals surface area contributed by atoms with Crippen LogP contribution >= 0.6 is 0 Å². The van der Waals surface area contributed by atoms with Gasteiger partial charge in [0, 0.05) is 43.1 Å². The number of rotatable bonds is 7. The van der Waals surface area contributed by atoms with Crippen LogP contribution in [0.2, 0.25) is 0 Å². The van der Waals surface area contributed by atoms with Crippen molar-refractivity contribution in [3.8, 4) is 0 Å². The van der Waals surface area contributed by atoms with Gasteiger partial charge in [-0.2, -0.15) is 0 Å². The Labute approximate surface area is 193 Å². The van der Waals surface area contributed by atoms with Crippen molar-refractivity contribution in [2.24, 2.45) is 5.92 Å². The number of benzene rings is 2. The predicted octanol–water partition coefficient (Wildman–Crippen LogP) is 4.43. The summed E-state index contributed by atoms with van der Waals surface area (Å²) in [4.78, 5) is 40.3. The zero-order valence-electron chi connectivity index (χ0n) is 18.9. The lowest BCUT2D eigenvalue weighted by Gasteiger charge is -2.32. The van der Waals surface area contributed by atoms with Gasteiger partial charge in [-0.25, -0.2) is 0 Å². The van der Waals surface area contributed by atoms with Crippen LogP contribution in [0.15, 0.2) is 54.2 Å². The Bertz CT molecular complexity index is 1080. The molecule has 2 aromatic rings. The Kier molecular flexibility index (Phi) is 6.44. The van der Waals surface area contributed by atoms with E-state index in [1.54, 1.807) is 0 Å². The highest BCUT2D eigenvalue weighted by atomic mass is 16.6. The molecular weight excluding hydrogens is 420 g/mol. The number of carbonyl (C=O) groups excluding carboxylic acids is 2. The SMILES string of the molecule is CCCN1C(=O)C(Nc2ccc(N3CCC(C)CC3)cc2)=C(c2ccc([N+](=O)[O-])cc2)C1=O. The first kappa shape index (κ1) is 22.5. The van der Waals surface area contributed by atoms with Crippen molar-refractivity contribution in [1.29, 1.82) is 0 Å². The number of nitrogens with zero attached hydrogens (tertiary/aromatic N) is 3. The van der Waals surface area contributed by atoms with Gasteiger partial charge in [-0.3, -0.25) is 24.6 Å². The molecule has 0 saturated carbocycles. The first-order chi connectivity index (χ1) is 15.9. The molecule has 0 spiro atoms. The van der Waals surface area contributed by atoms with Crippen LogP contribution in [-0.4, -0.2) is 41.3 Å². The van der Waals surface area contributed by atoms with Gasteiger partial charge in [0.05, 0.1) is 10.5 Å². The second kappa shape index (κ2) is 9.44. The first-order valence-electron chi connectivity index (χ1n) is 11.4. The Hall–Kier alpha value is -3.68. The number of anilines is 2. The molecule has 33 heavy (non-hydrogen) atoms. The van der Waals surface area contributed by atoms with E-state index in [9.17, 15) is 19.7 Å². The second-order valence-corrected chi connectivity index (χ2v) is 8.66. The van der Waals surface area contributed by atoms with Crippen LogP contribution in [0.5, 0.6) is 0 Å². The topological polar surface area (TPSA) is 95.8 Å². The monoisotopic (exact) mass is 448 g/mol. The van der Waals surface area contributed by atoms with Crippen molar-refractivity contribution in [3.63, 3.8) is 0 Å². The zero-order chi connectivity index (χ0) is 23.5. The van der Waals surface area contributed by atoms with Gasteiger partial charge in [0.15, 0.2) is 0 Å². The Morgan fingerprint density at radius 2 is 1.64 bits per heavy atom. The predicted molar refractivity (Wildman–Crippen MR) is 128 cm³/mol. The molecule has 2 aliphatic rings. The molecule has 1 saturated heterocycles. The number of non-ortho nitro benzene ring substituents is 1. The molecule has 2 heterocycles. The van der Waals surface area contributed by atoms with E-state index in [0.717, 1.165) is 24.7 Å². The Balaban J connectivity index is 1.62. The third kappa shape index (κ3) is 4.60. The van der Waals surface area contributed by atoms with Crippen LogP contribution in [0, 0.1) is 16.0 Å². The molecule has 8 heteroatoms. The maximum atomic E-state index is 13.1. The molecule has 0 radical (unpaired) electrons. The van der Waals surface area contributed by atoms with E-state index in [-0.39, 0.29) is 22.9 Å². The minimum Gasteiger partial charge on any atom is -0.372 e. The molecule has 2 aliphatic heterocycles. The number of nitro groups is 1. The number of imide groups is 1. The van der Waals surface area contributed by atoms with E-state index in [0.29, 0.717) is 24.2 Å². The number of carbonyl (C=O) groups is 2. The smallest absolute Gasteiger partial charge is 0.278 e. The summed E-state index contributed by atoms with van der Waals surface area (Å²) in [6, 6.07) is 13.6. The fraction of sp³-hybridized carbons (Fsp3) is 0.360. The summed E-state index contributed by atoms with van der Waals surface area (Å²) < 4.78 is 0. The maximum Gasteiger partial charge on any atom is 0.278 e. The highest BCUT2D eigenvalue weighted by molar-refractivity contribution is 6.36. The van der Waals surface area contributed by atoms with Gasteiger partial charge < -0.3 is 10.2 Å². The molecule has 2 aromatic carbocycles. The van der Waals surface area contributed by atoms with E-state index < -0.39 is 10.8 Å². The van der Waals surface area contributed by atoms with Gasteiger partial charge >= 0.3 is 0 Å². The van der Waals surface area contributed by atoms with Gasteiger partial charge in [-0.1, -0.05) is 13.8 Å². The third-order valence-electron chi connectivity index (χ3n) is 6.27. The molecule has 0 atom stereocenters. The van der Waals surface area contributed by atoms with Crippen molar-refractivity contribution in [2.75, 3.05) is 29.9 Å². The number of amides is 2. The molecule has 1 fully saturated rings. The maximum absolute atomic E-state index is 13.1. The lowest BCUT2D eigenvalue weighted by atomic mass is 9.99. The van der Waals surface area contributed by atoms with Crippen molar-refractivity contribution in [1.82, 2.24) is 4.90 Å². The normalized spacial score (nSPS) is 17.2. The van der Waals surface area contributed by atoms with E-state index in [1.165, 1.54) is 42.0 Å². The fourth-order valence-corrected chi connectivity index (χ4v) is 4.30. The summed E-state index contributed by atoms with van der Waals surface area (Å²) in [5, 5.41) is 14.1. The Morgan fingerprint density at radius 1 is 1.00 bits per heavy atom. The Morgan fingerprint density at radius 3 is 2.21 bits per heavy atom. The summed E-state index contributed by atoms with van der Waals surface area (Å²) >= 11 is 0. The van der Waals surface area contributed by atoms with Crippen molar-refractivity contribution in [2.45, 2.75) is 33.1 Å². The minimum atomic E-state index is -0.493. The minimum absolute atomic E-state index is 0.0706. The van der Waals surface area contributed by atoms with Crippen molar-refractivity contribution in [3.05, 3.63) is 69.9 Å². The summed E-state index contributed by atoms with van der Waals surface area (Å²) in [6.07, 6.45) is 2.99. The van der Waals surface area contributed by atoms with Gasteiger partial charge in [0.25, 0.3) is 17.5 Å². The summed E-state index contributed by atoms with van der Waals surface area (Å²) in [6.45, 7) is 6.55. The number of piperidine rings is 1. The van der Waals surface area contributed by atoms with E-state index in [4.69, 9.17) is 0 Å². The molecule has 0 aromatic heterocycles. The van der Waals surface area contributed by atoms with Gasteiger partial charge in [0.1, 0.15) is 5.70 Å². The fourth-order valence-electron chi connectivity index (χ4n) is 4.30. The number of hydrogen-bond acceptors (Lipinski definition) is 6. The zero-order valence-corrected chi connectivity index (χ0v) is 18.9. The van der Waals surface area contributed by atoms with Crippen LogP contribution in [0.1, 0.15) is 38.7 Å². The molecule has 8 nitrogen and oxygen atoms in total. The number of nitro benzene ring substituents is 1.